The molecule has 1 amide bonds. The van der Waals surface area contributed by atoms with Gasteiger partial charge in [0.15, 0.2) is 9.84 Å². The average Bonchev–Trinajstić information content (AvgIpc) is 2.97. The number of rotatable bonds is 4. The van der Waals surface area contributed by atoms with Gasteiger partial charge in [0.1, 0.15) is 0 Å². The first kappa shape index (κ1) is 15.5. The minimum absolute atomic E-state index is 0.0825. The Morgan fingerprint density at radius 2 is 1.86 bits per heavy atom. The molecule has 0 N–H and O–H groups in total. The molecule has 1 aliphatic heterocycles. The summed E-state index contributed by atoms with van der Waals surface area (Å²) in [4.78, 5) is 14.5. The van der Waals surface area contributed by atoms with Gasteiger partial charge in [-0.3, -0.25) is 4.79 Å². The predicted molar refractivity (Wildman–Crippen MR) is 82.1 cm³/mol. The lowest BCUT2D eigenvalue weighted by atomic mass is 10.0. The number of sulfone groups is 1. The van der Waals surface area contributed by atoms with E-state index in [0.29, 0.717) is 37.2 Å². The molecule has 2 aliphatic rings. The molecule has 0 bridgehead atoms. The van der Waals surface area contributed by atoms with Crippen LogP contribution in [0.15, 0.2) is 35.2 Å². The van der Waals surface area contributed by atoms with E-state index in [1.54, 1.807) is 42.3 Å². The van der Waals surface area contributed by atoms with Crippen molar-refractivity contribution in [2.75, 3.05) is 20.2 Å². The molecule has 0 unspecified atom stereocenters. The van der Waals surface area contributed by atoms with Crippen molar-refractivity contribution in [3.8, 4) is 0 Å². The smallest absolute Gasteiger partial charge is 0.225 e. The summed E-state index contributed by atoms with van der Waals surface area (Å²) in [6.07, 6.45) is 1.79. The molecule has 1 saturated carbocycles. The monoisotopic (exact) mass is 323 g/mol. The lowest BCUT2D eigenvalue weighted by Crippen LogP contribution is -2.55. The number of hydrogen-bond donors (Lipinski definition) is 0. The zero-order valence-electron chi connectivity index (χ0n) is 12.6. The molecule has 5 nitrogen and oxygen atoms in total. The SMILES string of the molecule is COC1CN(C(=O)[C@@H]2CC[C@@H](S(=O)(=O)c3ccccc3)C2)C1. The van der Waals surface area contributed by atoms with Crippen molar-refractivity contribution in [2.45, 2.75) is 35.5 Å². The Labute approximate surface area is 131 Å². The van der Waals surface area contributed by atoms with Crippen LogP contribution in [0.3, 0.4) is 0 Å². The molecule has 1 aromatic rings. The molecule has 2 atom stereocenters. The Balaban J connectivity index is 1.64. The lowest BCUT2D eigenvalue weighted by Gasteiger charge is -2.39. The predicted octanol–water partition coefficient (Wildman–Crippen LogP) is 1.49. The molecule has 0 aromatic heterocycles. The van der Waals surface area contributed by atoms with E-state index < -0.39 is 15.1 Å². The van der Waals surface area contributed by atoms with E-state index >= 15 is 0 Å². The van der Waals surface area contributed by atoms with E-state index in [4.69, 9.17) is 4.74 Å². The number of hydrogen-bond acceptors (Lipinski definition) is 4. The maximum absolute atomic E-state index is 12.6. The molecule has 1 heterocycles. The van der Waals surface area contributed by atoms with Crippen molar-refractivity contribution >= 4 is 15.7 Å². The number of ether oxygens (including phenoxy) is 1. The van der Waals surface area contributed by atoms with Crippen LogP contribution in [0.2, 0.25) is 0 Å². The lowest BCUT2D eigenvalue weighted by molar-refractivity contribution is -0.147. The molecular weight excluding hydrogens is 302 g/mol. The molecule has 2 fully saturated rings. The van der Waals surface area contributed by atoms with Crippen LogP contribution >= 0.6 is 0 Å². The van der Waals surface area contributed by atoms with Crippen LogP contribution in [0.25, 0.3) is 0 Å². The topological polar surface area (TPSA) is 63.7 Å². The molecule has 1 aromatic carbocycles. The first-order chi connectivity index (χ1) is 10.5. The standard InChI is InChI=1S/C16H21NO4S/c1-21-13-10-17(11-13)16(18)12-7-8-15(9-12)22(19,20)14-5-3-2-4-6-14/h2-6,12-13,15H,7-11H2,1H3/t12-,15-/m1/s1. The number of benzene rings is 1. The third-order valence-electron chi connectivity index (χ3n) is 4.74. The van der Waals surface area contributed by atoms with Crippen molar-refractivity contribution in [3.05, 3.63) is 30.3 Å². The molecule has 22 heavy (non-hydrogen) atoms. The number of amides is 1. The van der Waals surface area contributed by atoms with Crippen molar-refractivity contribution in [1.82, 2.24) is 4.90 Å². The van der Waals surface area contributed by atoms with Crippen LogP contribution in [-0.2, 0) is 19.4 Å². The Bertz CT molecular complexity index is 637. The largest absolute Gasteiger partial charge is 0.378 e. The van der Waals surface area contributed by atoms with Crippen LogP contribution in [0.5, 0.6) is 0 Å². The van der Waals surface area contributed by atoms with Crippen LogP contribution in [0.4, 0.5) is 0 Å². The first-order valence-corrected chi connectivity index (χ1v) is 9.17. The van der Waals surface area contributed by atoms with Gasteiger partial charge < -0.3 is 9.64 Å². The molecule has 1 aliphatic carbocycles. The van der Waals surface area contributed by atoms with Crippen LogP contribution in [-0.4, -0.2) is 50.8 Å². The summed E-state index contributed by atoms with van der Waals surface area (Å²) in [7, 11) is -1.69. The maximum atomic E-state index is 12.6. The highest BCUT2D eigenvalue weighted by atomic mass is 32.2. The fourth-order valence-electron chi connectivity index (χ4n) is 3.27. The zero-order valence-corrected chi connectivity index (χ0v) is 13.5. The Kier molecular flexibility index (Phi) is 4.23. The molecule has 0 spiro atoms. The number of likely N-dealkylation sites (tertiary alicyclic amines) is 1. The molecule has 120 valence electrons. The maximum Gasteiger partial charge on any atom is 0.225 e. The minimum Gasteiger partial charge on any atom is -0.378 e. The van der Waals surface area contributed by atoms with Gasteiger partial charge in [0, 0.05) is 26.1 Å². The molecular formula is C16H21NO4S. The van der Waals surface area contributed by atoms with Crippen LogP contribution in [0, 0.1) is 5.92 Å². The highest BCUT2D eigenvalue weighted by molar-refractivity contribution is 7.92. The third kappa shape index (κ3) is 2.77. The van der Waals surface area contributed by atoms with Gasteiger partial charge in [-0.2, -0.15) is 0 Å². The average molecular weight is 323 g/mol. The van der Waals surface area contributed by atoms with Crippen molar-refractivity contribution in [3.63, 3.8) is 0 Å². The summed E-state index contributed by atoms with van der Waals surface area (Å²) in [6.45, 7) is 1.25. The zero-order chi connectivity index (χ0) is 15.7. The second-order valence-corrected chi connectivity index (χ2v) is 8.32. The van der Waals surface area contributed by atoms with Crippen LogP contribution in [0.1, 0.15) is 19.3 Å². The fraction of sp³-hybridized carbons (Fsp3) is 0.562. The summed E-state index contributed by atoms with van der Waals surface area (Å²) in [5.41, 5.74) is 0. The quantitative estimate of drug-likeness (QED) is 0.842. The van der Waals surface area contributed by atoms with E-state index in [9.17, 15) is 13.2 Å². The van der Waals surface area contributed by atoms with Gasteiger partial charge in [-0.05, 0) is 31.4 Å². The Morgan fingerprint density at radius 3 is 2.50 bits per heavy atom. The van der Waals surface area contributed by atoms with Gasteiger partial charge in [0.2, 0.25) is 5.91 Å². The summed E-state index contributed by atoms with van der Waals surface area (Å²) in [5.74, 6) is -0.0830. The minimum atomic E-state index is -3.33. The molecule has 0 radical (unpaired) electrons. The van der Waals surface area contributed by atoms with Crippen molar-refractivity contribution < 1.29 is 17.9 Å². The van der Waals surface area contributed by atoms with E-state index in [-0.39, 0.29) is 17.9 Å². The molecule has 3 rings (SSSR count). The first-order valence-electron chi connectivity index (χ1n) is 7.63. The summed E-state index contributed by atoms with van der Waals surface area (Å²) >= 11 is 0. The number of carbonyl (C=O) groups is 1. The highest BCUT2D eigenvalue weighted by Gasteiger charge is 2.42. The van der Waals surface area contributed by atoms with Gasteiger partial charge in [0.25, 0.3) is 0 Å². The van der Waals surface area contributed by atoms with Crippen LogP contribution < -0.4 is 0 Å². The van der Waals surface area contributed by atoms with Crippen molar-refractivity contribution in [1.29, 1.82) is 0 Å². The number of nitrogens with zero attached hydrogens (tertiary/aromatic N) is 1. The van der Waals surface area contributed by atoms with Crippen molar-refractivity contribution in [2.24, 2.45) is 5.92 Å². The second kappa shape index (κ2) is 6.01. The van der Waals surface area contributed by atoms with E-state index in [1.165, 1.54) is 0 Å². The second-order valence-electron chi connectivity index (χ2n) is 6.09. The number of carbonyl (C=O) groups excluding carboxylic acids is 1. The van der Waals surface area contributed by atoms with E-state index in [1.807, 2.05) is 0 Å². The van der Waals surface area contributed by atoms with Gasteiger partial charge in [-0.15, -0.1) is 0 Å². The third-order valence-corrected chi connectivity index (χ3v) is 6.97. The van der Waals surface area contributed by atoms with E-state index in [0.717, 1.165) is 0 Å². The van der Waals surface area contributed by atoms with Gasteiger partial charge in [-0.25, -0.2) is 8.42 Å². The highest BCUT2D eigenvalue weighted by Crippen LogP contribution is 2.35. The fourth-order valence-corrected chi connectivity index (χ4v) is 5.13. The van der Waals surface area contributed by atoms with Gasteiger partial charge in [0.05, 0.1) is 16.2 Å². The summed E-state index contributed by atoms with van der Waals surface area (Å²) in [5, 5.41) is -0.441. The Morgan fingerprint density at radius 1 is 1.18 bits per heavy atom. The van der Waals surface area contributed by atoms with E-state index in [2.05, 4.69) is 0 Å². The molecule has 1 saturated heterocycles. The normalized spacial score (nSPS) is 26.0. The Hall–Kier alpha value is -1.40. The van der Waals surface area contributed by atoms with Gasteiger partial charge >= 0.3 is 0 Å². The molecule has 6 heteroatoms. The number of methoxy groups -OCH3 is 1. The summed E-state index contributed by atoms with van der Waals surface area (Å²) < 4.78 is 30.4. The summed E-state index contributed by atoms with van der Waals surface area (Å²) in [6, 6.07) is 8.52. The van der Waals surface area contributed by atoms with Gasteiger partial charge in [-0.1, -0.05) is 18.2 Å².